The Morgan fingerprint density at radius 1 is 1.33 bits per heavy atom. The van der Waals surface area contributed by atoms with Crippen molar-refractivity contribution in [3.63, 3.8) is 0 Å². The van der Waals surface area contributed by atoms with Crippen LogP contribution in [0.2, 0.25) is 0 Å². The van der Waals surface area contributed by atoms with Gasteiger partial charge in [-0.05, 0) is 37.3 Å². The standard InChI is InChI=1S/C13H18N2O2S/c1-11(9-14)5-4-8-12-6-2-3-7-13(12)10-18(15,16)17/h2-3,6-7,11H,4-5,8,10H2,1H3,(H2,15,16,17). The molecule has 0 bridgehead atoms. The SMILES string of the molecule is CC(C#N)CCCc1ccccc1CS(N)(=O)=O. The highest BCUT2D eigenvalue weighted by atomic mass is 32.2. The lowest BCUT2D eigenvalue weighted by atomic mass is 9.99. The highest BCUT2D eigenvalue weighted by molar-refractivity contribution is 7.88. The predicted octanol–water partition coefficient (Wildman–Crippen LogP) is 1.96. The molecule has 5 heteroatoms. The van der Waals surface area contributed by atoms with Gasteiger partial charge < -0.3 is 0 Å². The zero-order valence-electron chi connectivity index (χ0n) is 10.5. The van der Waals surface area contributed by atoms with Crippen LogP contribution in [0.15, 0.2) is 24.3 Å². The van der Waals surface area contributed by atoms with Gasteiger partial charge in [0, 0.05) is 5.92 Å². The van der Waals surface area contributed by atoms with Crippen molar-refractivity contribution in [1.82, 2.24) is 0 Å². The molecule has 0 saturated carbocycles. The highest BCUT2D eigenvalue weighted by Crippen LogP contribution is 2.16. The molecule has 0 aliphatic carbocycles. The van der Waals surface area contributed by atoms with Gasteiger partial charge in [0.05, 0.1) is 11.8 Å². The van der Waals surface area contributed by atoms with Crippen molar-refractivity contribution in [2.24, 2.45) is 11.1 Å². The van der Waals surface area contributed by atoms with E-state index < -0.39 is 10.0 Å². The molecule has 1 atom stereocenters. The lowest BCUT2D eigenvalue weighted by molar-refractivity contribution is 0.595. The van der Waals surface area contributed by atoms with Gasteiger partial charge in [0.15, 0.2) is 0 Å². The molecule has 0 aliphatic rings. The third kappa shape index (κ3) is 5.30. The van der Waals surface area contributed by atoms with Crippen molar-refractivity contribution in [2.45, 2.75) is 31.9 Å². The van der Waals surface area contributed by atoms with Crippen molar-refractivity contribution < 1.29 is 8.42 Å². The van der Waals surface area contributed by atoms with Crippen molar-refractivity contribution in [3.8, 4) is 6.07 Å². The molecule has 0 amide bonds. The molecule has 0 aliphatic heterocycles. The van der Waals surface area contributed by atoms with Crippen LogP contribution in [0.3, 0.4) is 0 Å². The Morgan fingerprint density at radius 3 is 2.50 bits per heavy atom. The lowest BCUT2D eigenvalue weighted by Crippen LogP contribution is -2.15. The zero-order chi connectivity index (χ0) is 13.6. The zero-order valence-corrected chi connectivity index (χ0v) is 11.3. The van der Waals surface area contributed by atoms with E-state index in [1.807, 2.05) is 25.1 Å². The number of nitriles is 1. The fourth-order valence-corrected chi connectivity index (χ4v) is 2.54. The number of rotatable bonds is 6. The quantitative estimate of drug-likeness (QED) is 0.854. The van der Waals surface area contributed by atoms with E-state index in [0.29, 0.717) is 0 Å². The molecule has 1 aromatic rings. The molecule has 98 valence electrons. The summed E-state index contributed by atoms with van der Waals surface area (Å²) in [4.78, 5) is 0. The Labute approximate surface area is 108 Å². The third-order valence-corrected chi connectivity index (χ3v) is 3.49. The van der Waals surface area contributed by atoms with Gasteiger partial charge in [0.25, 0.3) is 0 Å². The monoisotopic (exact) mass is 266 g/mol. The van der Waals surface area contributed by atoms with Gasteiger partial charge in [-0.3, -0.25) is 0 Å². The maximum absolute atomic E-state index is 11.1. The highest BCUT2D eigenvalue weighted by Gasteiger charge is 2.09. The van der Waals surface area contributed by atoms with Gasteiger partial charge in [0.2, 0.25) is 10.0 Å². The largest absolute Gasteiger partial charge is 0.228 e. The van der Waals surface area contributed by atoms with E-state index in [1.54, 1.807) is 6.07 Å². The second kappa shape index (κ2) is 6.53. The summed E-state index contributed by atoms with van der Waals surface area (Å²) in [5, 5.41) is 13.8. The summed E-state index contributed by atoms with van der Waals surface area (Å²) < 4.78 is 22.2. The van der Waals surface area contributed by atoms with Crippen LogP contribution in [0.25, 0.3) is 0 Å². The number of nitrogens with zero attached hydrogens (tertiary/aromatic N) is 1. The molecular weight excluding hydrogens is 248 g/mol. The molecule has 0 heterocycles. The summed E-state index contributed by atoms with van der Waals surface area (Å²) >= 11 is 0. The van der Waals surface area contributed by atoms with E-state index in [9.17, 15) is 8.42 Å². The van der Waals surface area contributed by atoms with Crippen molar-refractivity contribution in [1.29, 1.82) is 5.26 Å². The van der Waals surface area contributed by atoms with E-state index in [2.05, 4.69) is 6.07 Å². The summed E-state index contributed by atoms with van der Waals surface area (Å²) in [5.41, 5.74) is 1.75. The number of hydrogen-bond donors (Lipinski definition) is 1. The predicted molar refractivity (Wildman–Crippen MR) is 71.0 cm³/mol. The van der Waals surface area contributed by atoms with Gasteiger partial charge in [0.1, 0.15) is 0 Å². The van der Waals surface area contributed by atoms with Crippen LogP contribution in [0, 0.1) is 17.2 Å². The molecular formula is C13H18N2O2S. The van der Waals surface area contributed by atoms with E-state index in [-0.39, 0.29) is 11.7 Å². The summed E-state index contributed by atoms with van der Waals surface area (Å²) in [6, 6.07) is 9.58. The van der Waals surface area contributed by atoms with Crippen LogP contribution >= 0.6 is 0 Å². The Kier molecular flexibility index (Phi) is 5.32. The van der Waals surface area contributed by atoms with Gasteiger partial charge in [-0.25, -0.2) is 13.6 Å². The van der Waals surface area contributed by atoms with Crippen LogP contribution in [0.5, 0.6) is 0 Å². The minimum atomic E-state index is -3.50. The maximum Gasteiger partial charge on any atom is 0.213 e. The second-order valence-corrected chi connectivity index (χ2v) is 6.11. The molecule has 0 spiro atoms. The number of benzene rings is 1. The topological polar surface area (TPSA) is 83.9 Å². The van der Waals surface area contributed by atoms with Crippen LogP contribution < -0.4 is 5.14 Å². The number of aryl methyl sites for hydroxylation is 1. The Hall–Kier alpha value is -1.38. The number of primary sulfonamides is 1. The van der Waals surface area contributed by atoms with Gasteiger partial charge in [-0.2, -0.15) is 5.26 Å². The minimum Gasteiger partial charge on any atom is -0.228 e. The molecule has 4 nitrogen and oxygen atoms in total. The van der Waals surface area contributed by atoms with Crippen molar-refractivity contribution in [2.75, 3.05) is 0 Å². The first kappa shape index (κ1) is 14.7. The summed E-state index contributed by atoms with van der Waals surface area (Å²) in [5.74, 6) is -0.0906. The molecule has 1 unspecified atom stereocenters. The molecule has 0 saturated heterocycles. The summed E-state index contributed by atoms with van der Waals surface area (Å²) in [6.07, 6.45) is 2.47. The average molecular weight is 266 g/mol. The van der Waals surface area contributed by atoms with Crippen LogP contribution in [0.4, 0.5) is 0 Å². The van der Waals surface area contributed by atoms with E-state index >= 15 is 0 Å². The average Bonchev–Trinajstić information content (AvgIpc) is 2.29. The smallest absolute Gasteiger partial charge is 0.213 e. The fourth-order valence-electron chi connectivity index (χ4n) is 1.82. The molecule has 0 fully saturated rings. The number of sulfonamides is 1. The number of nitrogens with two attached hydrogens (primary N) is 1. The van der Waals surface area contributed by atoms with E-state index in [1.165, 1.54) is 0 Å². The Bertz CT molecular complexity index is 532. The normalized spacial score (nSPS) is 12.9. The van der Waals surface area contributed by atoms with Gasteiger partial charge in [-0.15, -0.1) is 0 Å². The first-order chi connectivity index (χ1) is 8.42. The lowest BCUT2D eigenvalue weighted by Gasteiger charge is -2.08. The van der Waals surface area contributed by atoms with Crippen molar-refractivity contribution >= 4 is 10.0 Å². The van der Waals surface area contributed by atoms with Crippen molar-refractivity contribution in [3.05, 3.63) is 35.4 Å². The summed E-state index contributed by atoms with van der Waals surface area (Å²) in [6.45, 7) is 1.89. The Balaban J connectivity index is 2.68. The van der Waals surface area contributed by atoms with Gasteiger partial charge >= 0.3 is 0 Å². The van der Waals surface area contributed by atoms with Crippen LogP contribution in [-0.2, 0) is 22.2 Å². The second-order valence-electron chi connectivity index (χ2n) is 4.50. The van der Waals surface area contributed by atoms with Crippen LogP contribution in [0.1, 0.15) is 30.9 Å². The fraction of sp³-hybridized carbons (Fsp3) is 0.462. The maximum atomic E-state index is 11.1. The molecule has 0 aromatic heterocycles. The summed E-state index contributed by atoms with van der Waals surface area (Å²) in [7, 11) is -3.50. The minimum absolute atomic E-state index is 0.0374. The molecule has 0 radical (unpaired) electrons. The number of hydrogen-bond acceptors (Lipinski definition) is 3. The molecule has 2 N–H and O–H groups in total. The molecule has 1 rings (SSSR count). The van der Waals surface area contributed by atoms with E-state index in [0.717, 1.165) is 30.4 Å². The first-order valence-electron chi connectivity index (χ1n) is 5.89. The molecule has 18 heavy (non-hydrogen) atoms. The van der Waals surface area contributed by atoms with E-state index in [4.69, 9.17) is 10.4 Å². The molecule has 1 aromatic carbocycles. The van der Waals surface area contributed by atoms with Crippen LogP contribution in [-0.4, -0.2) is 8.42 Å². The third-order valence-electron chi connectivity index (χ3n) is 2.78. The Morgan fingerprint density at radius 2 is 1.94 bits per heavy atom. The van der Waals surface area contributed by atoms with Gasteiger partial charge in [-0.1, -0.05) is 24.3 Å². The first-order valence-corrected chi connectivity index (χ1v) is 7.61.